The molecule has 0 aliphatic heterocycles. The average molecular weight is 421 g/mol. The van der Waals surface area contributed by atoms with E-state index in [9.17, 15) is 4.79 Å². The Morgan fingerprint density at radius 3 is 2.63 bits per heavy atom. The Labute approximate surface area is 179 Å². The molecule has 30 heavy (non-hydrogen) atoms. The minimum Gasteiger partial charge on any atom is -0.497 e. The van der Waals surface area contributed by atoms with Crippen LogP contribution in [-0.2, 0) is 11.3 Å². The number of pyridine rings is 1. The van der Waals surface area contributed by atoms with Crippen molar-refractivity contribution in [3.63, 3.8) is 0 Å². The maximum absolute atomic E-state index is 12.7. The molecule has 0 unspecified atom stereocenters. The summed E-state index contributed by atoms with van der Waals surface area (Å²) in [5.41, 5.74) is 5.04. The van der Waals surface area contributed by atoms with Crippen molar-refractivity contribution in [2.45, 2.75) is 20.4 Å². The first-order valence-electron chi connectivity index (χ1n) is 9.49. The minimum absolute atomic E-state index is 0.0510. The smallest absolute Gasteiger partial charge is 0.246 e. The molecule has 0 saturated heterocycles. The van der Waals surface area contributed by atoms with Crippen molar-refractivity contribution in [3.8, 4) is 16.9 Å². The maximum atomic E-state index is 12.7. The Morgan fingerprint density at radius 1 is 1.13 bits per heavy atom. The van der Waals surface area contributed by atoms with Crippen LogP contribution in [0.2, 0.25) is 5.02 Å². The molecule has 2 aromatic carbocycles. The lowest BCUT2D eigenvalue weighted by Gasteiger charge is -2.10. The summed E-state index contributed by atoms with van der Waals surface area (Å²) in [5, 5.41) is 9.02. The first-order valence-corrected chi connectivity index (χ1v) is 9.87. The standard InChI is InChI=1S/C23H21ClN4O2/c1-14-19(24)5-4-6-20(14)26-21(29)13-28-23-22(15(2)27-28)18(11-12-25-23)16-7-9-17(30-3)10-8-16/h4-12H,13H2,1-3H3,(H,26,29). The number of amides is 1. The molecule has 0 saturated carbocycles. The third-order valence-corrected chi connectivity index (χ3v) is 5.45. The van der Waals surface area contributed by atoms with Gasteiger partial charge in [-0.2, -0.15) is 5.10 Å². The van der Waals surface area contributed by atoms with Crippen molar-refractivity contribution >= 4 is 34.2 Å². The van der Waals surface area contributed by atoms with Gasteiger partial charge in [0.05, 0.1) is 12.8 Å². The van der Waals surface area contributed by atoms with Crippen molar-refractivity contribution in [2.24, 2.45) is 0 Å². The predicted octanol–water partition coefficient (Wildman–Crippen LogP) is 5.02. The quantitative estimate of drug-likeness (QED) is 0.492. The van der Waals surface area contributed by atoms with Gasteiger partial charge in [0.2, 0.25) is 5.91 Å². The molecule has 0 bridgehead atoms. The van der Waals surface area contributed by atoms with Crippen molar-refractivity contribution in [2.75, 3.05) is 12.4 Å². The molecule has 7 heteroatoms. The summed E-state index contributed by atoms with van der Waals surface area (Å²) in [6.45, 7) is 3.84. The third kappa shape index (κ3) is 3.74. The van der Waals surface area contributed by atoms with Crippen LogP contribution < -0.4 is 10.1 Å². The van der Waals surface area contributed by atoms with Crippen LogP contribution in [0.25, 0.3) is 22.2 Å². The van der Waals surface area contributed by atoms with Crippen LogP contribution >= 0.6 is 11.6 Å². The zero-order chi connectivity index (χ0) is 21.3. The highest BCUT2D eigenvalue weighted by Crippen LogP contribution is 2.31. The third-order valence-electron chi connectivity index (χ3n) is 5.04. The Balaban J connectivity index is 1.66. The van der Waals surface area contributed by atoms with E-state index in [-0.39, 0.29) is 12.5 Å². The number of ether oxygens (including phenoxy) is 1. The lowest BCUT2D eigenvalue weighted by Crippen LogP contribution is -2.20. The molecule has 0 atom stereocenters. The van der Waals surface area contributed by atoms with Gasteiger partial charge in [-0.05, 0) is 60.9 Å². The molecule has 1 amide bonds. The molecule has 0 spiro atoms. The average Bonchev–Trinajstić information content (AvgIpc) is 3.07. The lowest BCUT2D eigenvalue weighted by molar-refractivity contribution is -0.116. The van der Waals surface area contributed by atoms with Gasteiger partial charge in [0.15, 0.2) is 5.65 Å². The Bertz CT molecular complexity index is 1230. The first-order chi connectivity index (χ1) is 14.5. The van der Waals surface area contributed by atoms with Gasteiger partial charge in [-0.1, -0.05) is 29.8 Å². The number of aryl methyl sites for hydroxylation is 1. The van der Waals surface area contributed by atoms with E-state index in [0.717, 1.165) is 33.5 Å². The number of methoxy groups -OCH3 is 1. The Hall–Kier alpha value is -3.38. The van der Waals surface area contributed by atoms with E-state index in [1.54, 1.807) is 30.1 Å². The van der Waals surface area contributed by atoms with E-state index in [2.05, 4.69) is 15.4 Å². The first kappa shape index (κ1) is 19.9. The number of nitrogens with zero attached hydrogens (tertiary/aromatic N) is 3. The fourth-order valence-electron chi connectivity index (χ4n) is 3.47. The highest BCUT2D eigenvalue weighted by atomic mass is 35.5. The summed E-state index contributed by atoms with van der Waals surface area (Å²) in [4.78, 5) is 17.2. The molecule has 0 fully saturated rings. The number of fused-ring (bicyclic) bond motifs is 1. The van der Waals surface area contributed by atoms with Crippen LogP contribution in [0.15, 0.2) is 54.7 Å². The molecule has 4 aromatic rings. The molecule has 4 rings (SSSR count). The fourth-order valence-corrected chi connectivity index (χ4v) is 3.65. The normalized spacial score (nSPS) is 10.9. The van der Waals surface area contributed by atoms with Gasteiger partial charge in [-0.25, -0.2) is 9.67 Å². The number of halogens is 1. The van der Waals surface area contributed by atoms with Crippen LogP contribution in [-0.4, -0.2) is 27.8 Å². The van der Waals surface area contributed by atoms with E-state index in [0.29, 0.717) is 16.4 Å². The van der Waals surface area contributed by atoms with Crippen molar-refractivity contribution in [1.82, 2.24) is 14.8 Å². The monoisotopic (exact) mass is 420 g/mol. The minimum atomic E-state index is -0.193. The fraction of sp³-hybridized carbons (Fsp3) is 0.174. The second kappa shape index (κ2) is 8.16. The molecule has 0 radical (unpaired) electrons. The van der Waals surface area contributed by atoms with Crippen LogP contribution in [0.4, 0.5) is 5.69 Å². The molecule has 152 valence electrons. The zero-order valence-electron chi connectivity index (χ0n) is 16.9. The number of hydrogen-bond donors (Lipinski definition) is 1. The number of aromatic nitrogens is 3. The van der Waals surface area contributed by atoms with Gasteiger partial charge < -0.3 is 10.1 Å². The maximum Gasteiger partial charge on any atom is 0.246 e. The highest BCUT2D eigenvalue weighted by Gasteiger charge is 2.16. The van der Waals surface area contributed by atoms with E-state index < -0.39 is 0 Å². The summed E-state index contributed by atoms with van der Waals surface area (Å²) >= 11 is 6.15. The summed E-state index contributed by atoms with van der Waals surface area (Å²) in [6, 6.07) is 15.2. The topological polar surface area (TPSA) is 69.0 Å². The van der Waals surface area contributed by atoms with Gasteiger partial charge in [-0.15, -0.1) is 0 Å². The summed E-state index contributed by atoms with van der Waals surface area (Å²) in [5.74, 6) is 0.603. The number of benzene rings is 2. The van der Waals surface area contributed by atoms with Crippen LogP contribution in [0.5, 0.6) is 5.75 Å². The molecule has 6 nitrogen and oxygen atoms in total. The number of rotatable bonds is 5. The number of nitrogens with one attached hydrogen (secondary N) is 1. The molecular formula is C23H21ClN4O2. The molecule has 0 aliphatic rings. The second-order valence-corrected chi connectivity index (χ2v) is 7.40. The SMILES string of the molecule is COc1ccc(-c2ccnc3c2c(C)nn3CC(=O)Nc2cccc(Cl)c2C)cc1. The number of hydrogen-bond acceptors (Lipinski definition) is 4. The molecule has 0 aliphatic carbocycles. The molecule has 1 N–H and O–H groups in total. The summed E-state index contributed by atoms with van der Waals surface area (Å²) in [6.07, 6.45) is 1.73. The number of anilines is 1. The Kier molecular flexibility index (Phi) is 5.42. The van der Waals surface area contributed by atoms with Crippen molar-refractivity contribution < 1.29 is 9.53 Å². The zero-order valence-corrected chi connectivity index (χ0v) is 17.7. The van der Waals surface area contributed by atoms with Gasteiger partial charge in [0.1, 0.15) is 12.3 Å². The molecule has 2 aromatic heterocycles. The van der Waals surface area contributed by atoms with Crippen LogP contribution in [0.3, 0.4) is 0 Å². The van der Waals surface area contributed by atoms with E-state index in [4.69, 9.17) is 16.3 Å². The highest BCUT2D eigenvalue weighted by molar-refractivity contribution is 6.31. The number of carbonyl (C=O) groups excluding carboxylic acids is 1. The van der Waals surface area contributed by atoms with Gasteiger partial charge in [0, 0.05) is 22.3 Å². The second-order valence-electron chi connectivity index (χ2n) is 6.99. The summed E-state index contributed by atoms with van der Waals surface area (Å²) in [7, 11) is 1.64. The lowest BCUT2D eigenvalue weighted by atomic mass is 10.0. The van der Waals surface area contributed by atoms with E-state index >= 15 is 0 Å². The van der Waals surface area contributed by atoms with Gasteiger partial charge in [-0.3, -0.25) is 4.79 Å². The van der Waals surface area contributed by atoms with E-state index in [1.165, 1.54) is 0 Å². The van der Waals surface area contributed by atoms with Gasteiger partial charge >= 0.3 is 0 Å². The molecular weight excluding hydrogens is 400 g/mol. The molecule has 2 heterocycles. The number of carbonyl (C=O) groups is 1. The van der Waals surface area contributed by atoms with Crippen LogP contribution in [0, 0.1) is 13.8 Å². The van der Waals surface area contributed by atoms with Crippen molar-refractivity contribution in [3.05, 3.63) is 71.0 Å². The predicted molar refractivity (Wildman–Crippen MR) is 119 cm³/mol. The van der Waals surface area contributed by atoms with Crippen LogP contribution in [0.1, 0.15) is 11.3 Å². The van der Waals surface area contributed by atoms with Gasteiger partial charge in [0.25, 0.3) is 0 Å². The van der Waals surface area contributed by atoms with Crippen molar-refractivity contribution in [1.29, 1.82) is 0 Å². The largest absolute Gasteiger partial charge is 0.497 e. The summed E-state index contributed by atoms with van der Waals surface area (Å²) < 4.78 is 6.88. The Morgan fingerprint density at radius 2 is 1.90 bits per heavy atom. The van der Waals surface area contributed by atoms with E-state index in [1.807, 2.05) is 50.2 Å².